The summed E-state index contributed by atoms with van der Waals surface area (Å²) in [6, 6.07) is 44.1. The lowest BCUT2D eigenvalue weighted by Gasteiger charge is -2.42. The lowest BCUT2D eigenvalue weighted by Crippen LogP contribution is -2.55. The van der Waals surface area contributed by atoms with E-state index in [0.717, 1.165) is 91.7 Å². The number of nitrogens with zero attached hydrogens (tertiary/aromatic N) is 13. The fraction of sp³-hybridized carbons (Fsp3) is 0.448. The Morgan fingerprint density at radius 1 is 0.570 bits per heavy atom. The Bertz CT molecular complexity index is 3600. The number of ether oxygens (including phenoxy) is 3. The van der Waals surface area contributed by atoms with Crippen molar-refractivity contribution in [2.24, 2.45) is 5.92 Å². The van der Waals surface area contributed by atoms with E-state index in [1.807, 2.05) is 54.2 Å². The van der Waals surface area contributed by atoms with Crippen LogP contribution in [-0.2, 0) is 37.3 Å². The molecule has 19 heteroatoms. The van der Waals surface area contributed by atoms with Gasteiger partial charge < -0.3 is 38.7 Å². The van der Waals surface area contributed by atoms with Crippen LogP contribution in [0.5, 0.6) is 12.0 Å². The number of nitriles is 2. The van der Waals surface area contributed by atoms with Crippen molar-refractivity contribution in [1.29, 1.82) is 10.5 Å². The lowest BCUT2D eigenvalue weighted by molar-refractivity contribution is 0.0767. The molecule has 0 spiro atoms. The Balaban J connectivity index is 0.000000173. The van der Waals surface area contributed by atoms with Gasteiger partial charge in [-0.3, -0.25) is 9.80 Å². The molecule has 17 nitrogen and oxygen atoms in total. The van der Waals surface area contributed by atoms with Gasteiger partial charge in [-0.2, -0.15) is 30.5 Å². The minimum absolute atomic E-state index is 0.0234. The van der Waals surface area contributed by atoms with E-state index in [1.54, 1.807) is 4.90 Å². The minimum atomic E-state index is -0.870. The lowest BCUT2D eigenvalue weighted by atomic mass is 9.94. The van der Waals surface area contributed by atoms with E-state index < -0.39 is 18.4 Å². The number of alkyl halides is 2. The quantitative estimate of drug-likeness (QED) is 0.101. The first-order chi connectivity index (χ1) is 42.0. The standard InChI is InChI=1S/C37H40FN7O3.C30H35FN6O/c1-42-21-28(38)20-30(42)25-47-36-40-33-23-43(34-13-7-11-27-10-5-6-12-31(27)34)17-15-32(33)35(41-36)44-18-19-45(29(22-44)14-16-39)37(46)48-24-26-8-3-2-4-9-26;1-35-18-23(31)16-24(35)20-38-30-33-27-19-36(28-10-4-8-22-7-2-3-9-25(22)28)15-12-26(27)29(34-30)37-14-5-6-21(17-37)11-13-32/h2-13,28-30H,14-15,17-25H2,1H3;2-4,7-10,21,23-24H,5-6,11-12,14-20H2,1H3/t28-,29?,30+;21?,23-,24+/m11/s1. The molecule has 0 aliphatic carbocycles. The second kappa shape index (κ2) is 26.5. The number of rotatable bonds is 14. The molecule has 0 radical (unpaired) electrons. The molecule has 0 bridgehead atoms. The predicted octanol–water partition coefficient (Wildman–Crippen LogP) is 10.1. The van der Waals surface area contributed by atoms with Crippen LogP contribution in [0, 0.1) is 28.6 Å². The number of carbonyl (C=O) groups is 1. The van der Waals surface area contributed by atoms with Crippen LogP contribution in [0.25, 0.3) is 21.5 Å². The Hall–Kier alpha value is -8.39. The van der Waals surface area contributed by atoms with Gasteiger partial charge in [0.1, 0.15) is 43.8 Å². The third-order valence-electron chi connectivity index (χ3n) is 18.1. The number of likely N-dealkylation sites (N-methyl/N-ethyl adjacent to an activating group) is 2. The van der Waals surface area contributed by atoms with Crippen LogP contribution >= 0.6 is 0 Å². The summed E-state index contributed by atoms with van der Waals surface area (Å²) in [5.74, 6) is 2.08. The van der Waals surface area contributed by atoms with Crippen LogP contribution < -0.4 is 29.1 Å². The zero-order chi connectivity index (χ0) is 59.1. The van der Waals surface area contributed by atoms with Crippen molar-refractivity contribution >= 4 is 50.6 Å². The van der Waals surface area contributed by atoms with Crippen LogP contribution in [-0.4, -0.2) is 157 Å². The highest BCUT2D eigenvalue weighted by Gasteiger charge is 2.37. The number of halogens is 2. The van der Waals surface area contributed by atoms with Crippen molar-refractivity contribution in [3.05, 3.63) is 143 Å². The number of fused-ring (bicyclic) bond motifs is 4. The number of benzene rings is 5. The molecule has 446 valence electrons. The van der Waals surface area contributed by atoms with Crippen LogP contribution in [0.3, 0.4) is 0 Å². The first kappa shape index (κ1) is 58.0. The van der Waals surface area contributed by atoms with Crippen LogP contribution in [0.15, 0.2) is 115 Å². The number of hydrogen-bond acceptors (Lipinski definition) is 16. The van der Waals surface area contributed by atoms with Gasteiger partial charge in [0.25, 0.3) is 0 Å². The molecule has 2 unspecified atom stereocenters. The van der Waals surface area contributed by atoms with E-state index in [1.165, 1.54) is 32.8 Å². The third-order valence-corrected chi connectivity index (χ3v) is 18.1. The Kier molecular flexibility index (Phi) is 17.9. The topological polar surface area (TPSA) is 167 Å². The Labute approximate surface area is 502 Å². The number of likely N-dealkylation sites (tertiary alicyclic amines) is 2. The van der Waals surface area contributed by atoms with E-state index in [4.69, 9.17) is 34.1 Å². The molecular weight excluding hydrogens is 1090 g/mol. The van der Waals surface area contributed by atoms with Gasteiger partial charge in [0, 0.05) is 111 Å². The monoisotopic (exact) mass is 1160 g/mol. The molecule has 6 aliphatic heterocycles. The second-order valence-corrected chi connectivity index (χ2v) is 23.8. The largest absolute Gasteiger partial charge is 0.462 e. The molecule has 7 aromatic rings. The number of hydrogen-bond donors (Lipinski definition) is 0. The summed E-state index contributed by atoms with van der Waals surface area (Å²) in [7, 11) is 3.85. The number of aromatic nitrogens is 4. The van der Waals surface area contributed by atoms with E-state index in [2.05, 4.69) is 117 Å². The number of carbonyl (C=O) groups excluding carboxylic acids is 1. The maximum absolute atomic E-state index is 14.1. The molecule has 8 heterocycles. The van der Waals surface area contributed by atoms with Gasteiger partial charge in [0.15, 0.2) is 0 Å². The smallest absolute Gasteiger partial charge is 0.410 e. The zero-order valence-electron chi connectivity index (χ0n) is 49.2. The highest BCUT2D eigenvalue weighted by molar-refractivity contribution is 5.95. The predicted molar refractivity (Wildman–Crippen MR) is 329 cm³/mol. The summed E-state index contributed by atoms with van der Waals surface area (Å²) in [5, 5.41) is 23.8. The summed E-state index contributed by atoms with van der Waals surface area (Å²) < 4.78 is 46.1. The van der Waals surface area contributed by atoms with E-state index >= 15 is 0 Å². The maximum Gasteiger partial charge on any atom is 0.410 e. The second-order valence-electron chi connectivity index (χ2n) is 23.8. The van der Waals surface area contributed by atoms with Crippen molar-refractivity contribution in [2.45, 2.75) is 102 Å². The molecule has 6 aliphatic rings. The zero-order valence-corrected chi connectivity index (χ0v) is 49.2. The first-order valence-electron chi connectivity index (χ1n) is 30.5. The fourth-order valence-electron chi connectivity index (χ4n) is 13.5. The van der Waals surface area contributed by atoms with Crippen molar-refractivity contribution in [2.75, 3.05) is 106 Å². The molecule has 4 fully saturated rings. The van der Waals surface area contributed by atoms with Crippen molar-refractivity contribution < 1.29 is 27.8 Å². The molecule has 5 aromatic carbocycles. The molecule has 2 aromatic heterocycles. The molecule has 1 amide bonds. The normalized spacial score (nSPS) is 22.4. The number of piperazine rings is 1. The maximum atomic E-state index is 14.1. The molecule has 6 atom stereocenters. The molecule has 13 rings (SSSR count). The SMILES string of the molecule is CN1C[C@H](F)C[C@H]1COc1nc2c(c(N3CCCC(CC#N)C3)n1)CCN(c1cccc3ccccc13)C2.CN1C[C@H](F)C[C@H]1COc1nc2c(c(N3CCN(C(=O)OCc4ccccc4)C(CC#N)C3)n1)CCN(c1cccc3ccccc13)C2. The molecule has 4 saturated heterocycles. The summed E-state index contributed by atoms with van der Waals surface area (Å²) in [6.45, 7) is 7.71. The van der Waals surface area contributed by atoms with Crippen LogP contribution in [0.4, 0.5) is 36.6 Å². The van der Waals surface area contributed by atoms with Crippen molar-refractivity contribution in [3.63, 3.8) is 0 Å². The molecule has 86 heavy (non-hydrogen) atoms. The van der Waals surface area contributed by atoms with Gasteiger partial charge in [-0.25, -0.2) is 13.6 Å². The summed E-state index contributed by atoms with van der Waals surface area (Å²) >= 11 is 0. The van der Waals surface area contributed by atoms with E-state index in [9.17, 15) is 24.1 Å². The average Bonchev–Trinajstić information content (AvgIpc) is 1.52. The van der Waals surface area contributed by atoms with Gasteiger partial charge in [-0.1, -0.05) is 103 Å². The molecule has 0 saturated carbocycles. The first-order valence-corrected chi connectivity index (χ1v) is 30.5. The Morgan fingerprint density at radius 3 is 1.63 bits per heavy atom. The molecular formula is C67H75F2N13O4. The number of piperidine rings is 1. The van der Waals surface area contributed by atoms with Gasteiger partial charge >= 0.3 is 18.1 Å². The number of anilines is 4. The summed E-state index contributed by atoms with van der Waals surface area (Å²) in [4.78, 5) is 47.8. The average molecular weight is 1160 g/mol. The highest BCUT2D eigenvalue weighted by atomic mass is 19.1. The summed E-state index contributed by atoms with van der Waals surface area (Å²) in [6.07, 6.45) is 3.23. The molecule has 0 N–H and O–H groups in total. The van der Waals surface area contributed by atoms with E-state index in [0.29, 0.717) is 90.2 Å². The van der Waals surface area contributed by atoms with Crippen molar-refractivity contribution in [1.82, 2.24) is 34.6 Å². The van der Waals surface area contributed by atoms with Gasteiger partial charge in [-0.05, 0) is 87.0 Å². The minimum Gasteiger partial charge on any atom is -0.462 e. The van der Waals surface area contributed by atoms with Gasteiger partial charge in [-0.15, -0.1) is 0 Å². The van der Waals surface area contributed by atoms with E-state index in [-0.39, 0.29) is 37.2 Å². The van der Waals surface area contributed by atoms with Crippen LogP contribution in [0.1, 0.15) is 66.6 Å². The highest BCUT2D eigenvalue weighted by Crippen LogP contribution is 2.38. The van der Waals surface area contributed by atoms with Gasteiger partial charge in [0.05, 0.1) is 49.1 Å². The number of amides is 1. The third kappa shape index (κ3) is 13.0. The van der Waals surface area contributed by atoms with Gasteiger partial charge in [0.2, 0.25) is 0 Å². The Morgan fingerprint density at radius 2 is 1.09 bits per heavy atom. The van der Waals surface area contributed by atoms with Crippen molar-refractivity contribution in [3.8, 4) is 24.2 Å². The summed E-state index contributed by atoms with van der Waals surface area (Å²) in [5.41, 5.74) is 7.40. The fourth-order valence-corrected chi connectivity index (χ4v) is 13.5. The van der Waals surface area contributed by atoms with Crippen LogP contribution in [0.2, 0.25) is 0 Å².